The summed E-state index contributed by atoms with van der Waals surface area (Å²) in [5, 5.41) is 9.65. The van der Waals surface area contributed by atoms with E-state index in [0.29, 0.717) is 5.75 Å². The van der Waals surface area contributed by atoms with Crippen LogP contribution < -0.4 is 10.5 Å². The minimum Gasteiger partial charge on any atom is -0.497 e. The maximum atomic E-state index is 13.4. The number of aliphatic hydroxyl groups is 1. The Balaban J connectivity index is 3.22. The summed E-state index contributed by atoms with van der Waals surface area (Å²) in [7, 11) is 1.39. The summed E-state index contributed by atoms with van der Waals surface area (Å²) < 4.78 is 18.2. The van der Waals surface area contributed by atoms with Crippen molar-refractivity contribution >= 4 is 5.91 Å². The highest BCUT2D eigenvalue weighted by atomic mass is 19.1. The lowest BCUT2D eigenvalue weighted by molar-refractivity contribution is -0.135. The molecule has 15 heavy (non-hydrogen) atoms. The molecule has 1 unspecified atom stereocenters. The molecule has 0 radical (unpaired) electrons. The molecule has 0 spiro atoms. The van der Waals surface area contributed by atoms with E-state index < -0.39 is 17.3 Å². The lowest BCUT2D eigenvalue weighted by atomic mass is 9.95. The van der Waals surface area contributed by atoms with Gasteiger partial charge in [-0.3, -0.25) is 4.79 Å². The Bertz CT molecular complexity index is 390. The van der Waals surface area contributed by atoms with Gasteiger partial charge in [-0.2, -0.15) is 0 Å². The van der Waals surface area contributed by atoms with E-state index in [1.165, 1.54) is 19.2 Å². The molecule has 1 amide bonds. The van der Waals surface area contributed by atoms with Crippen molar-refractivity contribution in [1.82, 2.24) is 0 Å². The highest BCUT2D eigenvalue weighted by Crippen LogP contribution is 2.26. The van der Waals surface area contributed by atoms with Gasteiger partial charge in [-0.15, -0.1) is 0 Å². The Morgan fingerprint density at radius 3 is 2.60 bits per heavy atom. The first-order chi connectivity index (χ1) is 6.89. The lowest BCUT2D eigenvalue weighted by Crippen LogP contribution is -2.38. The third-order valence-electron chi connectivity index (χ3n) is 2.18. The second-order valence-corrected chi connectivity index (χ2v) is 3.28. The summed E-state index contributed by atoms with van der Waals surface area (Å²) in [5.41, 5.74) is 2.77. The molecule has 0 aliphatic rings. The van der Waals surface area contributed by atoms with E-state index in [1.54, 1.807) is 0 Å². The first-order valence-corrected chi connectivity index (χ1v) is 4.26. The molecule has 5 heteroatoms. The quantitative estimate of drug-likeness (QED) is 0.769. The van der Waals surface area contributed by atoms with E-state index >= 15 is 0 Å². The molecule has 0 aliphatic heterocycles. The molecule has 0 fully saturated rings. The van der Waals surface area contributed by atoms with Gasteiger partial charge in [0.2, 0.25) is 0 Å². The highest BCUT2D eigenvalue weighted by Gasteiger charge is 2.32. The lowest BCUT2D eigenvalue weighted by Gasteiger charge is -2.20. The van der Waals surface area contributed by atoms with Crippen LogP contribution in [0, 0.1) is 5.82 Å². The van der Waals surface area contributed by atoms with Gasteiger partial charge in [0.05, 0.1) is 7.11 Å². The number of amides is 1. The summed E-state index contributed by atoms with van der Waals surface area (Å²) in [4.78, 5) is 10.9. The van der Waals surface area contributed by atoms with Crippen LogP contribution in [0.3, 0.4) is 0 Å². The Kier molecular flexibility index (Phi) is 2.95. The fourth-order valence-electron chi connectivity index (χ4n) is 1.15. The summed E-state index contributed by atoms with van der Waals surface area (Å²) in [6.45, 7) is 1.14. The zero-order chi connectivity index (χ0) is 11.6. The Labute approximate surface area is 86.5 Å². The van der Waals surface area contributed by atoms with Crippen molar-refractivity contribution < 1.29 is 19.0 Å². The molecule has 82 valence electrons. The van der Waals surface area contributed by atoms with Crippen LogP contribution in [0.5, 0.6) is 5.75 Å². The smallest absolute Gasteiger partial charge is 0.253 e. The van der Waals surface area contributed by atoms with Gasteiger partial charge in [-0.1, -0.05) is 0 Å². The molecule has 0 bridgehead atoms. The Morgan fingerprint density at radius 1 is 1.60 bits per heavy atom. The summed E-state index contributed by atoms with van der Waals surface area (Å²) >= 11 is 0. The second-order valence-electron chi connectivity index (χ2n) is 3.28. The molecular formula is C10H12FNO3. The van der Waals surface area contributed by atoms with Crippen LogP contribution in [-0.4, -0.2) is 18.1 Å². The van der Waals surface area contributed by atoms with E-state index in [-0.39, 0.29) is 5.56 Å². The number of nitrogens with two attached hydrogens (primary N) is 1. The van der Waals surface area contributed by atoms with Gasteiger partial charge >= 0.3 is 0 Å². The average Bonchev–Trinajstić information content (AvgIpc) is 2.16. The first kappa shape index (κ1) is 11.5. The SMILES string of the molecule is COc1ccc(C(C)(O)C(N)=O)c(F)c1. The zero-order valence-electron chi connectivity index (χ0n) is 8.45. The minimum absolute atomic E-state index is 0.171. The maximum absolute atomic E-state index is 13.4. The van der Waals surface area contributed by atoms with Gasteiger partial charge in [-0.25, -0.2) is 4.39 Å². The molecule has 0 aliphatic carbocycles. The maximum Gasteiger partial charge on any atom is 0.253 e. The molecule has 0 saturated carbocycles. The number of carbonyl (C=O) groups is 1. The normalized spacial score (nSPS) is 14.4. The molecule has 4 nitrogen and oxygen atoms in total. The molecule has 1 atom stereocenters. The summed E-state index contributed by atoms with van der Waals surface area (Å²) in [5.74, 6) is -1.44. The van der Waals surface area contributed by atoms with E-state index in [9.17, 15) is 14.3 Å². The molecule has 3 N–H and O–H groups in total. The van der Waals surface area contributed by atoms with Crippen molar-refractivity contribution in [3.05, 3.63) is 29.6 Å². The molecule has 0 aromatic heterocycles. The van der Waals surface area contributed by atoms with Crippen molar-refractivity contribution in [2.75, 3.05) is 7.11 Å². The van der Waals surface area contributed by atoms with Crippen LogP contribution in [0.1, 0.15) is 12.5 Å². The zero-order valence-corrected chi connectivity index (χ0v) is 8.45. The monoisotopic (exact) mass is 213 g/mol. The molecular weight excluding hydrogens is 201 g/mol. The van der Waals surface area contributed by atoms with Crippen LogP contribution in [0.15, 0.2) is 18.2 Å². The first-order valence-electron chi connectivity index (χ1n) is 4.26. The van der Waals surface area contributed by atoms with Gasteiger partial charge in [0.15, 0.2) is 5.60 Å². The van der Waals surface area contributed by atoms with Crippen molar-refractivity contribution in [3.63, 3.8) is 0 Å². The molecule has 1 aromatic carbocycles. The number of methoxy groups -OCH3 is 1. The highest BCUT2D eigenvalue weighted by molar-refractivity contribution is 5.84. The number of benzene rings is 1. The number of hydrogen-bond donors (Lipinski definition) is 2. The Morgan fingerprint density at radius 2 is 2.20 bits per heavy atom. The van der Waals surface area contributed by atoms with Gasteiger partial charge in [0, 0.05) is 11.6 Å². The summed E-state index contributed by atoms with van der Waals surface area (Å²) in [6, 6.07) is 3.78. The Hall–Kier alpha value is -1.62. The van der Waals surface area contributed by atoms with Crippen LogP contribution >= 0.6 is 0 Å². The number of ether oxygens (including phenoxy) is 1. The molecule has 1 aromatic rings. The van der Waals surface area contributed by atoms with Crippen molar-refractivity contribution in [2.24, 2.45) is 5.73 Å². The number of halogens is 1. The minimum atomic E-state index is -2.02. The van der Waals surface area contributed by atoms with Crippen molar-refractivity contribution in [2.45, 2.75) is 12.5 Å². The largest absolute Gasteiger partial charge is 0.497 e. The van der Waals surface area contributed by atoms with E-state index in [4.69, 9.17) is 10.5 Å². The fraction of sp³-hybridized carbons (Fsp3) is 0.300. The number of hydrogen-bond acceptors (Lipinski definition) is 3. The van der Waals surface area contributed by atoms with Crippen LogP contribution in [0.4, 0.5) is 4.39 Å². The van der Waals surface area contributed by atoms with Gasteiger partial charge in [0.25, 0.3) is 5.91 Å². The molecule has 0 heterocycles. The topological polar surface area (TPSA) is 72.6 Å². The molecule has 0 saturated heterocycles. The second kappa shape index (κ2) is 3.86. The predicted octanol–water partition coefficient (Wildman–Crippen LogP) is 0.527. The number of primary amides is 1. The van der Waals surface area contributed by atoms with Crippen molar-refractivity contribution in [3.8, 4) is 5.75 Å². The van der Waals surface area contributed by atoms with Crippen molar-refractivity contribution in [1.29, 1.82) is 0 Å². The molecule has 1 rings (SSSR count). The predicted molar refractivity (Wildman–Crippen MR) is 51.7 cm³/mol. The average molecular weight is 213 g/mol. The van der Waals surface area contributed by atoms with Gasteiger partial charge < -0.3 is 15.6 Å². The number of rotatable bonds is 3. The standard InChI is InChI=1S/C10H12FNO3/c1-10(14,9(12)13)7-4-3-6(15-2)5-8(7)11/h3-5,14H,1-2H3,(H2,12,13). The summed E-state index contributed by atoms with van der Waals surface area (Å²) in [6.07, 6.45) is 0. The van der Waals surface area contributed by atoms with Gasteiger partial charge in [0.1, 0.15) is 11.6 Å². The van der Waals surface area contributed by atoms with Crippen LogP contribution in [0.2, 0.25) is 0 Å². The van der Waals surface area contributed by atoms with E-state index in [0.717, 1.165) is 13.0 Å². The van der Waals surface area contributed by atoms with Crippen LogP contribution in [0.25, 0.3) is 0 Å². The number of carbonyl (C=O) groups excluding carboxylic acids is 1. The van der Waals surface area contributed by atoms with Gasteiger partial charge in [-0.05, 0) is 19.1 Å². The third-order valence-corrected chi connectivity index (χ3v) is 2.18. The third kappa shape index (κ3) is 2.07. The fourth-order valence-corrected chi connectivity index (χ4v) is 1.15. The van der Waals surface area contributed by atoms with E-state index in [1.807, 2.05) is 0 Å². The van der Waals surface area contributed by atoms with E-state index in [2.05, 4.69) is 0 Å². The van der Waals surface area contributed by atoms with Crippen LogP contribution in [-0.2, 0) is 10.4 Å².